The van der Waals surface area contributed by atoms with Crippen LogP contribution in [0.5, 0.6) is 0 Å². The average molecular weight is 580 g/mol. The Morgan fingerprint density at radius 3 is 1.00 bits per heavy atom. The van der Waals surface area contributed by atoms with Crippen LogP contribution in [0, 0.1) is 0 Å². The van der Waals surface area contributed by atoms with Crippen LogP contribution in [0.2, 0.25) is 0 Å². The van der Waals surface area contributed by atoms with E-state index in [2.05, 4.69) is 19.2 Å². The minimum absolute atomic E-state index is 0.0198. The molecule has 0 heterocycles. The number of Topliss-reactive ketones (excluding diaryl/α,β-unsaturated/α-hetero) is 1. The van der Waals surface area contributed by atoms with Gasteiger partial charge in [0.25, 0.3) is 0 Å². The first-order chi connectivity index (χ1) is 20.2. The van der Waals surface area contributed by atoms with E-state index in [1.165, 1.54) is 161 Å². The maximum Gasteiger partial charge on any atom is 0.220 e. The molecule has 0 radical (unpaired) electrons. The SMILES string of the molecule is CCCCCCCCCCCCCCCCCCCCCC(=O)NC(CO)C(=O)CCCCCCCCCCCC. The second-order valence-corrected chi connectivity index (χ2v) is 12.8. The van der Waals surface area contributed by atoms with Crippen molar-refractivity contribution in [2.45, 2.75) is 219 Å². The van der Waals surface area contributed by atoms with E-state index in [4.69, 9.17) is 0 Å². The van der Waals surface area contributed by atoms with Crippen molar-refractivity contribution in [2.75, 3.05) is 6.61 Å². The third-order valence-corrected chi connectivity index (χ3v) is 8.69. The fourth-order valence-corrected chi connectivity index (χ4v) is 5.82. The summed E-state index contributed by atoms with van der Waals surface area (Å²) >= 11 is 0. The molecule has 1 unspecified atom stereocenters. The number of nitrogens with one attached hydrogen (secondary N) is 1. The lowest BCUT2D eigenvalue weighted by atomic mass is 10.0. The zero-order valence-corrected chi connectivity index (χ0v) is 28.0. The van der Waals surface area contributed by atoms with Crippen LogP contribution in [-0.2, 0) is 9.59 Å². The maximum atomic E-state index is 12.4. The van der Waals surface area contributed by atoms with Gasteiger partial charge in [-0.25, -0.2) is 0 Å². The van der Waals surface area contributed by atoms with Crippen LogP contribution in [0.25, 0.3) is 0 Å². The molecule has 0 aromatic heterocycles. The summed E-state index contributed by atoms with van der Waals surface area (Å²) in [6, 6.07) is -0.721. The number of unbranched alkanes of at least 4 members (excludes halogenated alkanes) is 27. The van der Waals surface area contributed by atoms with E-state index < -0.39 is 6.04 Å². The minimum atomic E-state index is -0.721. The topological polar surface area (TPSA) is 66.4 Å². The van der Waals surface area contributed by atoms with Gasteiger partial charge in [-0.2, -0.15) is 0 Å². The van der Waals surface area contributed by atoms with Gasteiger partial charge in [0.1, 0.15) is 6.04 Å². The van der Waals surface area contributed by atoms with Crippen molar-refractivity contribution in [3.8, 4) is 0 Å². The number of amides is 1. The van der Waals surface area contributed by atoms with E-state index in [9.17, 15) is 14.7 Å². The van der Waals surface area contributed by atoms with E-state index in [0.717, 1.165) is 25.7 Å². The third kappa shape index (κ3) is 30.4. The quantitative estimate of drug-likeness (QED) is 0.0745. The molecule has 244 valence electrons. The number of aliphatic hydroxyl groups is 1. The Bertz CT molecular complexity index is 550. The maximum absolute atomic E-state index is 12.4. The molecule has 1 amide bonds. The first-order valence-electron chi connectivity index (χ1n) is 18.6. The fraction of sp³-hybridized carbons (Fsp3) is 0.946. The molecule has 0 fully saturated rings. The molecule has 0 aliphatic heterocycles. The molecule has 0 bridgehead atoms. The number of aliphatic hydroxyl groups excluding tert-OH is 1. The van der Waals surface area contributed by atoms with Crippen molar-refractivity contribution in [2.24, 2.45) is 0 Å². The molecule has 0 rings (SSSR count). The number of carbonyl (C=O) groups is 2. The molecule has 0 saturated carbocycles. The molecular weight excluding hydrogens is 506 g/mol. The highest BCUT2D eigenvalue weighted by Crippen LogP contribution is 2.15. The summed E-state index contributed by atoms with van der Waals surface area (Å²) in [7, 11) is 0. The zero-order valence-electron chi connectivity index (χ0n) is 28.0. The fourth-order valence-electron chi connectivity index (χ4n) is 5.82. The lowest BCUT2D eigenvalue weighted by Gasteiger charge is -2.15. The molecule has 0 spiro atoms. The Morgan fingerprint density at radius 1 is 0.439 bits per heavy atom. The van der Waals surface area contributed by atoms with Gasteiger partial charge in [0.2, 0.25) is 5.91 Å². The van der Waals surface area contributed by atoms with Crippen LogP contribution in [-0.4, -0.2) is 29.4 Å². The van der Waals surface area contributed by atoms with E-state index >= 15 is 0 Å². The van der Waals surface area contributed by atoms with Crippen LogP contribution in [0.1, 0.15) is 213 Å². The molecule has 0 aliphatic carbocycles. The van der Waals surface area contributed by atoms with Gasteiger partial charge in [-0.1, -0.05) is 187 Å². The Morgan fingerprint density at radius 2 is 0.707 bits per heavy atom. The summed E-state index contributed by atoms with van der Waals surface area (Å²) in [5, 5.41) is 12.4. The number of rotatable bonds is 34. The van der Waals surface area contributed by atoms with Gasteiger partial charge in [-0.3, -0.25) is 9.59 Å². The van der Waals surface area contributed by atoms with E-state index in [1.807, 2.05) is 0 Å². The second kappa shape index (κ2) is 33.6. The highest BCUT2D eigenvalue weighted by molar-refractivity contribution is 5.89. The van der Waals surface area contributed by atoms with E-state index in [0.29, 0.717) is 12.8 Å². The largest absolute Gasteiger partial charge is 0.394 e. The molecule has 0 aromatic rings. The Balaban J connectivity index is 3.48. The second-order valence-electron chi connectivity index (χ2n) is 12.8. The van der Waals surface area contributed by atoms with Crippen molar-refractivity contribution in [3.63, 3.8) is 0 Å². The number of ketones is 1. The van der Waals surface area contributed by atoms with Crippen molar-refractivity contribution < 1.29 is 14.7 Å². The van der Waals surface area contributed by atoms with Gasteiger partial charge in [0.05, 0.1) is 6.61 Å². The molecule has 4 heteroatoms. The third-order valence-electron chi connectivity index (χ3n) is 8.69. The minimum Gasteiger partial charge on any atom is -0.394 e. The number of carbonyl (C=O) groups excluding carboxylic acids is 2. The molecule has 41 heavy (non-hydrogen) atoms. The molecule has 0 aromatic carbocycles. The predicted octanol–water partition coefficient (Wildman–Crippen LogP) is 11.2. The summed E-state index contributed by atoms with van der Waals surface area (Å²) in [6.07, 6.45) is 38.7. The monoisotopic (exact) mass is 580 g/mol. The first kappa shape index (κ1) is 40.1. The number of hydrogen-bond donors (Lipinski definition) is 2. The zero-order chi connectivity index (χ0) is 30.1. The number of hydrogen-bond acceptors (Lipinski definition) is 3. The summed E-state index contributed by atoms with van der Waals surface area (Å²) in [6.45, 7) is 4.24. The summed E-state index contributed by atoms with van der Waals surface area (Å²) < 4.78 is 0. The van der Waals surface area contributed by atoms with E-state index in [-0.39, 0.29) is 18.3 Å². The highest BCUT2D eigenvalue weighted by atomic mass is 16.3. The van der Waals surface area contributed by atoms with Crippen LogP contribution < -0.4 is 5.32 Å². The molecule has 1 atom stereocenters. The van der Waals surface area contributed by atoms with Crippen LogP contribution in [0.3, 0.4) is 0 Å². The molecular formula is C37H73NO3. The molecule has 2 N–H and O–H groups in total. The van der Waals surface area contributed by atoms with Gasteiger partial charge in [0, 0.05) is 12.8 Å². The van der Waals surface area contributed by atoms with Gasteiger partial charge in [0.15, 0.2) is 5.78 Å². The normalized spacial score (nSPS) is 12.1. The highest BCUT2D eigenvalue weighted by Gasteiger charge is 2.19. The first-order valence-corrected chi connectivity index (χ1v) is 18.6. The summed E-state index contributed by atoms with van der Waals surface area (Å²) in [5.74, 6) is -0.110. The van der Waals surface area contributed by atoms with Crippen molar-refractivity contribution in [3.05, 3.63) is 0 Å². The molecule has 4 nitrogen and oxygen atoms in total. The Labute approximate surface area is 257 Å². The van der Waals surface area contributed by atoms with Gasteiger partial charge in [-0.05, 0) is 12.8 Å². The summed E-state index contributed by atoms with van der Waals surface area (Å²) in [5.41, 5.74) is 0. The Kier molecular flexibility index (Phi) is 32.9. The molecule has 0 saturated heterocycles. The standard InChI is InChI=1S/C37H73NO3/c1-3-5-7-9-11-13-15-16-17-18-19-20-21-22-23-25-27-29-31-33-37(41)38-35(34-39)36(40)32-30-28-26-24-14-12-10-8-6-4-2/h35,39H,3-34H2,1-2H3,(H,38,41). The van der Waals surface area contributed by atoms with Gasteiger partial charge < -0.3 is 10.4 Å². The molecule has 0 aliphatic rings. The van der Waals surface area contributed by atoms with Crippen LogP contribution in [0.4, 0.5) is 0 Å². The average Bonchev–Trinajstić information content (AvgIpc) is 2.97. The van der Waals surface area contributed by atoms with Crippen molar-refractivity contribution in [1.29, 1.82) is 0 Å². The van der Waals surface area contributed by atoms with Crippen LogP contribution in [0.15, 0.2) is 0 Å². The van der Waals surface area contributed by atoms with Crippen LogP contribution >= 0.6 is 0 Å². The van der Waals surface area contributed by atoms with Crippen molar-refractivity contribution >= 4 is 11.7 Å². The van der Waals surface area contributed by atoms with Crippen molar-refractivity contribution in [1.82, 2.24) is 5.32 Å². The predicted molar refractivity (Wildman–Crippen MR) is 178 cm³/mol. The smallest absolute Gasteiger partial charge is 0.220 e. The lowest BCUT2D eigenvalue weighted by molar-refractivity contribution is -0.128. The summed E-state index contributed by atoms with van der Waals surface area (Å²) in [4.78, 5) is 24.7. The van der Waals surface area contributed by atoms with Gasteiger partial charge >= 0.3 is 0 Å². The van der Waals surface area contributed by atoms with Gasteiger partial charge in [-0.15, -0.1) is 0 Å². The Hall–Kier alpha value is -0.900. The lowest BCUT2D eigenvalue weighted by Crippen LogP contribution is -2.43. The van der Waals surface area contributed by atoms with E-state index in [1.54, 1.807) is 0 Å².